The van der Waals surface area contributed by atoms with Crippen molar-refractivity contribution < 1.29 is 19.1 Å². The fraction of sp³-hybridized carbons (Fsp3) is 0.370. The van der Waals surface area contributed by atoms with Gasteiger partial charge >= 0.3 is 5.97 Å². The first kappa shape index (κ1) is 22.2. The van der Waals surface area contributed by atoms with E-state index in [1.165, 1.54) is 0 Å². The van der Waals surface area contributed by atoms with E-state index in [0.29, 0.717) is 50.1 Å². The summed E-state index contributed by atoms with van der Waals surface area (Å²) >= 11 is 0. The Labute approximate surface area is 198 Å². The van der Waals surface area contributed by atoms with Crippen LogP contribution in [-0.4, -0.2) is 58.3 Å². The van der Waals surface area contributed by atoms with Crippen LogP contribution in [0.15, 0.2) is 54.7 Å². The van der Waals surface area contributed by atoms with Gasteiger partial charge < -0.3 is 19.1 Å². The third-order valence-electron chi connectivity index (χ3n) is 7.22. The number of amides is 2. The molecule has 3 heterocycles. The van der Waals surface area contributed by atoms with Crippen molar-refractivity contribution in [3.63, 3.8) is 0 Å². The lowest BCUT2D eigenvalue weighted by Crippen LogP contribution is -2.45. The largest absolute Gasteiger partial charge is 0.450 e. The number of nitrogens with zero attached hydrogens (tertiary/aromatic N) is 3. The van der Waals surface area contributed by atoms with E-state index in [9.17, 15) is 14.4 Å². The van der Waals surface area contributed by atoms with Gasteiger partial charge in [-0.1, -0.05) is 36.4 Å². The van der Waals surface area contributed by atoms with Gasteiger partial charge in [0.25, 0.3) is 5.91 Å². The van der Waals surface area contributed by atoms with Crippen LogP contribution in [0.4, 0.5) is 0 Å². The highest BCUT2D eigenvalue weighted by atomic mass is 16.6. The second-order valence-electron chi connectivity index (χ2n) is 8.98. The number of likely N-dealkylation sites (N-methyl/N-ethyl adjacent to an activating group) is 1. The monoisotopic (exact) mass is 459 g/mol. The molecule has 0 bridgehead atoms. The number of hydrogen-bond acceptors (Lipinski definition) is 4. The van der Waals surface area contributed by atoms with Crippen LogP contribution < -0.4 is 0 Å². The Morgan fingerprint density at radius 1 is 1.00 bits per heavy atom. The molecule has 7 heteroatoms. The molecule has 1 aromatic heterocycles. The molecule has 0 saturated carbocycles. The maximum absolute atomic E-state index is 13.6. The zero-order valence-electron chi connectivity index (χ0n) is 19.6. The molecule has 3 aromatic rings. The van der Waals surface area contributed by atoms with Crippen LogP contribution in [0.3, 0.4) is 0 Å². The molecule has 1 fully saturated rings. The summed E-state index contributed by atoms with van der Waals surface area (Å²) in [6, 6.07) is 15.2. The van der Waals surface area contributed by atoms with E-state index >= 15 is 0 Å². The van der Waals surface area contributed by atoms with Crippen LogP contribution in [-0.2, 0) is 21.7 Å². The van der Waals surface area contributed by atoms with Crippen LogP contribution in [0.1, 0.15) is 53.0 Å². The molecule has 0 unspecified atom stereocenters. The number of carbonyl (C=O) groups is 3. The number of benzene rings is 2. The van der Waals surface area contributed by atoms with Gasteiger partial charge in [-0.15, -0.1) is 0 Å². The lowest BCUT2D eigenvalue weighted by Gasteiger charge is -2.38. The summed E-state index contributed by atoms with van der Waals surface area (Å²) in [7, 11) is 0. The topological polar surface area (TPSA) is 71.8 Å². The SMILES string of the molecule is CCN(CC)C(=O)Cn1cc(C(=O)N2CCC3(CC2)OC(=O)c2ccccc23)c2ccccc21. The molecule has 0 radical (unpaired) electrons. The Morgan fingerprint density at radius 2 is 1.68 bits per heavy atom. The molecular weight excluding hydrogens is 430 g/mol. The average molecular weight is 460 g/mol. The third kappa shape index (κ3) is 3.56. The van der Waals surface area contributed by atoms with Gasteiger partial charge in [-0.3, -0.25) is 9.59 Å². The van der Waals surface area contributed by atoms with Crippen molar-refractivity contribution in [3.8, 4) is 0 Å². The first-order valence-electron chi connectivity index (χ1n) is 11.9. The lowest BCUT2D eigenvalue weighted by atomic mass is 9.83. The summed E-state index contributed by atoms with van der Waals surface area (Å²) in [5.41, 5.74) is 2.39. The summed E-state index contributed by atoms with van der Waals surface area (Å²) in [5.74, 6) is -0.305. The second-order valence-corrected chi connectivity index (χ2v) is 8.98. The Bertz CT molecular complexity index is 1270. The highest BCUT2D eigenvalue weighted by Gasteiger charge is 2.47. The predicted octanol–water partition coefficient (Wildman–Crippen LogP) is 3.81. The molecule has 34 heavy (non-hydrogen) atoms. The van der Waals surface area contributed by atoms with E-state index in [0.717, 1.165) is 16.5 Å². The van der Waals surface area contributed by atoms with Crippen molar-refractivity contribution in [1.29, 1.82) is 0 Å². The number of hydrogen-bond donors (Lipinski definition) is 0. The van der Waals surface area contributed by atoms with E-state index in [2.05, 4.69) is 0 Å². The van der Waals surface area contributed by atoms with Gasteiger partial charge in [-0.05, 0) is 26.0 Å². The number of rotatable bonds is 5. The molecule has 7 nitrogen and oxygen atoms in total. The van der Waals surface area contributed by atoms with Crippen LogP contribution in [0.25, 0.3) is 10.9 Å². The zero-order chi connectivity index (χ0) is 23.9. The van der Waals surface area contributed by atoms with Crippen LogP contribution in [0.5, 0.6) is 0 Å². The van der Waals surface area contributed by atoms with E-state index in [1.54, 1.807) is 11.0 Å². The fourth-order valence-electron chi connectivity index (χ4n) is 5.33. The summed E-state index contributed by atoms with van der Waals surface area (Å²) in [5, 5.41) is 0.845. The average Bonchev–Trinajstić information content (AvgIpc) is 3.36. The Hall–Kier alpha value is -3.61. The highest BCUT2D eigenvalue weighted by molar-refractivity contribution is 6.07. The molecule has 2 aromatic carbocycles. The second kappa shape index (κ2) is 8.63. The first-order chi connectivity index (χ1) is 16.5. The number of para-hydroxylation sites is 1. The highest BCUT2D eigenvalue weighted by Crippen LogP contribution is 2.44. The van der Waals surface area contributed by atoms with Crippen molar-refractivity contribution >= 4 is 28.7 Å². The van der Waals surface area contributed by atoms with E-state index < -0.39 is 5.60 Å². The molecule has 2 aliphatic rings. The van der Waals surface area contributed by atoms with Crippen molar-refractivity contribution in [2.45, 2.75) is 38.8 Å². The standard InChI is InChI=1S/C27H29N3O4/c1-3-28(4-2)24(31)18-30-17-21(19-9-6-8-12-23(19)30)25(32)29-15-13-27(14-16-29)22-11-7-5-10-20(22)26(33)34-27/h5-12,17H,3-4,13-16,18H2,1-2H3. The molecule has 1 spiro atoms. The molecular formula is C27H29N3O4. The zero-order valence-corrected chi connectivity index (χ0v) is 19.6. The van der Waals surface area contributed by atoms with Gasteiger partial charge in [-0.2, -0.15) is 0 Å². The summed E-state index contributed by atoms with van der Waals surface area (Å²) in [6.07, 6.45) is 2.95. The minimum Gasteiger partial charge on any atom is -0.450 e. The van der Waals surface area contributed by atoms with Gasteiger partial charge in [-0.25, -0.2) is 4.79 Å². The number of piperidine rings is 1. The lowest BCUT2D eigenvalue weighted by molar-refractivity contribution is -0.131. The molecule has 2 aliphatic heterocycles. The van der Waals surface area contributed by atoms with Gasteiger partial charge in [0, 0.05) is 61.7 Å². The fourth-order valence-corrected chi connectivity index (χ4v) is 5.33. The van der Waals surface area contributed by atoms with Crippen LogP contribution in [0, 0.1) is 0 Å². The van der Waals surface area contributed by atoms with Crippen LogP contribution >= 0.6 is 0 Å². The quantitative estimate of drug-likeness (QED) is 0.544. The number of likely N-dealkylation sites (tertiary alicyclic amines) is 1. The Morgan fingerprint density at radius 3 is 2.41 bits per heavy atom. The first-order valence-corrected chi connectivity index (χ1v) is 11.9. The van der Waals surface area contributed by atoms with E-state index in [-0.39, 0.29) is 24.3 Å². The van der Waals surface area contributed by atoms with Gasteiger partial charge in [0.2, 0.25) is 5.91 Å². The minimum absolute atomic E-state index is 0.0337. The number of carbonyl (C=O) groups excluding carboxylic acids is 3. The predicted molar refractivity (Wildman–Crippen MR) is 129 cm³/mol. The molecule has 1 saturated heterocycles. The molecule has 0 N–H and O–H groups in total. The summed E-state index contributed by atoms with van der Waals surface area (Å²) < 4.78 is 7.71. The van der Waals surface area contributed by atoms with E-state index in [1.807, 2.05) is 72.0 Å². The molecule has 0 aliphatic carbocycles. The number of ether oxygens (including phenoxy) is 1. The maximum atomic E-state index is 13.6. The Kier molecular flexibility index (Phi) is 5.63. The summed E-state index contributed by atoms with van der Waals surface area (Å²) in [4.78, 5) is 42.3. The van der Waals surface area contributed by atoms with Gasteiger partial charge in [0.15, 0.2) is 0 Å². The summed E-state index contributed by atoms with van der Waals surface area (Å²) in [6.45, 7) is 6.44. The van der Waals surface area contributed by atoms with Crippen molar-refractivity contribution in [2.24, 2.45) is 0 Å². The molecule has 5 rings (SSSR count). The molecule has 2 amide bonds. The minimum atomic E-state index is -0.644. The number of aromatic nitrogens is 1. The third-order valence-corrected chi connectivity index (χ3v) is 7.22. The van der Waals surface area contributed by atoms with Gasteiger partial charge in [0.05, 0.1) is 11.1 Å². The smallest absolute Gasteiger partial charge is 0.339 e. The van der Waals surface area contributed by atoms with Crippen LogP contribution in [0.2, 0.25) is 0 Å². The van der Waals surface area contributed by atoms with Gasteiger partial charge in [0.1, 0.15) is 12.1 Å². The van der Waals surface area contributed by atoms with E-state index in [4.69, 9.17) is 4.74 Å². The maximum Gasteiger partial charge on any atom is 0.339 e. The number of fused-ring (bicyclic) bond motifs is 3. The molecule has 0 atom stereocenters. The van der Waals surface area contributed by atoms with Crippen molar-refractivity contribution in [3.05, 3.63) is 71.4 Å². The number of esters is 1. The van der Waals surface area contributed by atoms with Crippen molar-refractivity contribution in [2.75, 3.05) is 26.2 Å². The van der Waals surface area contributed by atoms with Crippen molar-refractivity contribution in [1.82, 2.24) is 14.4 Å². The molecule has 176 valence electrons. The Balaban J connectivity index is 1.38. The normalized spacial score (nSPS) is 16.5.